The summed E-state index contributed by atoms with van der Waals surface area (Å²) >= 11 is 0. The first kappa shape index (κ1) is 17.1. The first-order chi connectivity index (χ1) is 11.9. The Morgan fingerprint density at radius 2 is 1.80 bits per heavy atom. The minimum atomic E-state index is -0.531. The number of fused-ring (bicyclic) bond motifs is 1. The molecule has 0 radical (unpaired) electrons. The van der Waals surface area contributed by atoms with Gasteiger partial charge in [-0.05, 0) is 62.7 Å². The maximum absolute atomic E-state index is 12.6. The van der Waals surface area contributed by atoms with E-state index in [0.717, 1.165) is 23.5 Å². The number of nitrogens with zero attached hydrogens (tertiary/aromatic N) is 1. The van der Waals surface area contributed by atoms with Gasteiger partial charge >= 0.3 is 0 Å². The lowest BCUT2D eigenvalue weighted by molar-refractivity contribution is 0.0912. The predicted octanol–water partition coefficient (Wildman–Crippen LogP) is 3.54. The fourth-order valence-corrected chi connectivity index (χ4v) is 2.76. The molecule has 0 spiro atoms. The molecule has 0 fully saturated rings. The van der Waals surface area contributed by atoms with Gasteiger partial charge in [0.1, 0.15) is 0 Å². The van der Waals surface area contributed by atoms with Crippen molar-refractivity contribution in [2.45, 2.75) is 26.3 Å². The average molecular weight is 340 g/mol. The second-order valence-corrected chi connectivity index (χ2v) is 6.71. The fraction of sp³-hybridized carbons (Fsp3) is 0.350. The molecule has 5 nitrogen and oxygen atoms in total. The Morgan fingerprint density at radius 3 is 2.48 bits per heavy atom. The fourth-order valence-electron chi connectivity index (χ4n) is 2.76. The highest BCUT2D eigenvalue weighted by molar-refractivity contribution is 5.95. The highest BCUT2D eigenvalue weighted by atomic mass is 16.7. The lowest BCUT2D eigenvalue weighted by Crippen LogP contribution is -2.41. The van der Waals surface area contributed by atoms with Crippen molar-refractivity contribution in [3.05, 3.63) is 53.6 Å². The second kappa shape index (κ2) is 6.67. The zero-order valence-electron chi connectivity index (χ0n) is 15.1. The Balaban J connectivity index is 1.75. The number of benzene rings is 2. The third-order valence-corrected chi connectivity index (χ3v) is 4.56. The molecule has 0 aromatic heterocycles. The summed E-state index contributed by atoms with van der Waals surface area (Å²) in [5.74, 6) is 1.35. The molecule has 3 rings (SSSR count). The molecule has 0 bridgehead atoms. The molecule has 1 aliphatic heterocycles. The van der Waals surface area contributed by atoms with Crippen molar-refractivity contribution < 1.29 is 14.3 Å². The van der Waals surface area contributed by atoms with E-state index in [0.29, 0.717) is 11.3 Å². The number of ether oxygens (including phenoxy) is 2. The van der Waals surface area contributed by atoms with Crippen LogP contribution in [0.25, 0.3) is 0 Å². The van der Waals surface area contributed by atoms with Crippen LogP contribution in [-0.2, 0) is 5.54 Å². The van der Waals surface area contributed by atoms with Crippen molar-refractivity contribution in [2.24, 2.45) is 0 Å². The molecule has 0 unspecified atom stereocenters. The molecule has 0 saturated carbocycles. The minimum absolute atomic E-state index is 0.103. The number of amides is 1. The van der Waals surface area contributed by atoms with Gasteiger partial charge in [-0.1, -0.05) is 6.07 Å². The maximum atomic E-state index is 12.6. The molecule has 2 aromatic rings. The van der Waals surface area contributed by atoms with Gasteiger partial charge in [-0.2, -0.15) is 0 Å². The van der Waals surface area contributed by atoms with Gasteiger partial charge in [-0.25, -0.2) is 0 Å². The van der Waals surface area contributed by atoms with E-state index in [-0.39, 0.29) is 12.7 Å². The monoisotopic (exact) mass is 340 g/mol. The van der Waals surface area contributed by atoms with Gasteiger partial charge < -0.3 is 19.7 Å². The van der Waals surface area contributed by atoms with Crippen molar-refractivity contribution in [3.63, 3.8) is 0 Å². The van der Waals surface area contributed by atoms with Gasteiger partial charge in [0.25, 0.3) is 5.91 Å². The Hall–Kier alpha value is -2.69. The van der Waals surface area contributed by atoms with Crippen molar-refractivity contribution in [2.75, 3.05) is 25.3 Å². The lowest BCUT2D eigenvalue weighted by Gasteiger charge is -2.27. The van der Waals surface area contributed by atoms with Crippen LogP contribution < -0.4 is 19.7 Å². The number of hydrogen-bond donors (Lipinski definition) is 1. The van der Waals surface area contributed by atoms with Crippen LogP contribution >= 0.6 is 0 Å². The van der Waals surface area contributed by atoms with Crippen LogP contribution in [0.3, 0.4) is 0 Å². The van der Waals surface area contributed by atoms with Gasteiger partial charge in [0.05, 0.1) is 5.54 Å². The normalized spacial score (nSPS) is 12.8. The molecule has 2 aromatic carbocycles. The molecule has 5 heteroatoms. The number of anilines is 1. The van der Waals surface area contributed by atoms with Crippen LogP contribution in [0.4, 0.5) is 5.69 Å². The van der Waals surface area contributed by atoms with E-state index >= 15 is 0 Å². The van der Waals surface area contributed by atoms with E-state index in [1.807, 2.05) is 63.4 Å². The van der Waals surface area contributed by atoms with Crippen molar-refractivity contribution in [1.29, 1.82) is 0 Å². The molecule has 0 aliphatic carbocycles. The van der Waals surface area contributed by atoms with Crippen LogP contribution in [0, 0.1) is 0 Å². The Bertz CT molecular complexity index is 769. The van der Waals surface area contributed by atoms with Crippen molar-refractivity contribution in [1.82, 2.24) is 5.32 Å². The highest BCUT2D eigenvalue weighted by Crippen LogP contribution is 2.35. The molecule has 25 heavy (non-hydrogen) atoms. The third kappa shape index (κ3) is 3.55. The largest absolute Gasteiger partial charge is 0.454 e. The van der Waals surface area contributed by atoms with Crippen LogP contribution in [0.15, 0.2) is 42.5 Å². The summed E-state index contributed by atoms with van der Waals surface area (Å²) < 4.78 is 10.8. The van der Waals surface area contributed by atoms with Crippen molar-refractivity contribution in [3.8, 4) is 11.5 Å². The van der Waals surface area contributed by atoms with Crippen molar-refractivity contribution >= 4 is 11.6 Å². The summed E-state index contributed by atoms with van der Waals surface area (Å²) in [5, 5.41) is 3.09. The Morgan fingerprint density at radius 1 is 1.12 bits per heavy atom. The van der Waals surface area contributed by atoms with E-state index < -0.39 is 5.54 Å². The van der Waals surface area contributed by atoms with Crippen LogP contribution in [0.1, 0.15) is 36.7 Å². The highest BCUT2D eigenvalue weighted by Gasteiger charge is 2.26. The van der Waals surface area contributed by atoms with Crippen LogP contribution in [0.5, 0.6) is 11.5 Å². The Labute approximate surface area is 148 Å². The van der Waals surface area contributed by atoms with Crippen LogP contribution in [0.2, 0.25) is 0 Å². The number of nitrogens with one attached hydrogen (secondary N) is 1. The van der Waals surface area contributed by atoms with Gasteiger partial charge in [0.15, 0.2) is 11.5 Å². The molecule has 0 saturated heterocycles. The Kier molecular flexibility index (Phi) is 4.57. The summed E-state index contributed by atoms with van der Waals surface area (Å²) in [6, 6.07) is 13.4. The summed E-state index contributed by atoms with van der Waals surface area (Å²) in [5.41, 5.74) is 2.17. The molecular weight excluding hydrogens is 316 g/mol. The number of hydrogen-bond acceptors (Lipinski definition) is 4. The minimum Gasteiger partial charge on any atom is -0.454 e. The molecule has 132 valence electrons. The smallest absolute Gasteiger partial charge is 0.251 e. The second-order valence-electron chi connectivity index (χ2n) is 6.71. The molecule has 1 heterocycles. The number of carbonyl (C=O) groups excluding carboxylic acids is 1. The van der Waals surface area contributed by atoms with Gasteiger partial charge in [0.2, 0.25) is 6.79 Å². The zero-order valence-corrected chi connectivity index (χ0v) is 15.1. The molecule has 0 atom stereocenters. The number of carbonyl (C=O) groups is 1. The quantitative estimate of drug-likeness (QED) is 0.904. The molecule has 1 aliphatic rings. The topological polar surface area (TPSA) is 50.8 Å². The predicted molar refractivity (Wildman–Crippen MR) is 98.4 cm³/mol. The lowest BCUT2D eigenvalue weighted by atomic mass is 9.93. The molecule has 1 N–H and O–H groups in total. The first-order valence-corrected chi connectivity index (χ1v) is 8.44. The summed E-state index contributed by atoms with van der Waals surface area (Å²) in [6.07, 6.45) is 0. The summed E-state index contributed by atoms with van der Waals surface area (Å²) in [7, 11) is 2.03. The third-order valence-electron chi connectivity index (χ3n) is 4.56. The van der Waals surface area contributed by atoms with E-state index in [2.05, 4.69) is 17.1 Å². The average Bonchev–Trinajstić information content (AvgIpc) is 3.08. The summed E-state index contributed by atoms with van der Waals surface area (Å²) in [4.78, 5) is 14.8. The maximum Gasteiger partial charge on any atom is 0.251 e. The molecule has 1 amide bonds. The SMILES string of the molecule is CCN(C)c1ccc(C(=O)NC(C)(C)c2ccc3c(c2)OCO3)cc1. The van der Waals surface area contributed by atoms with E-state index in [1.165, 1.54) is 0 Å². The first-order valence-electron chi connectivity index (χ1n) is 8.44. The van der Waals surface area contributed by atoms with E-state index in [9.17, 15) is 4.79 Å². The standard InChI is InChI=1S/C20H24N2O3/c1-5-22(4)16-9-6-14(7-10-16)19(23)21-20(2,3)15-8-11-17-18(12-15)25-13-24-17/h6-12H,5,13H2,1-4H3,(H,21,23). The van der Waals surface area contributed by atoms with Crippen LogP contribution in [-0.4, -0.2) is 26.3 Å². The van der Waals surface area contributed by atoms with Gasteiger partial charge in [0, 0.05) is 24.8 Å². The number of rotatable bonds is 5. The zero-order chi connectivity index (χ0) is 18.0. The summed E-state index contributed by atoms with van der Waals surface area (Å²) in [6.45, 7) is 7.20. The van der Waals surface area contributed by atoms with E-state index in [1.54, 1.807) is 0 Å². The van der Waals surface area contributed by atoms with Gasteiger partial charge in [-0.15, -0.1) is 0 Å². The van der Waals surface area contributed by atoms with Gasteiger partial charge in [-0.3, -0.25) is 4.79 Å². The van der Waals surface area contributed by atoms with E-state index in [4.69, 9.17) is 9.47 Å². The molecular formula is C20H24N2O3.